The quantitative estimate of drug-likeness (QED) is 0.839. The summed E-state index contributed by atoms with van der Waals surface area (Å²) < 4.78 is 0. The highest BCUT2D eigenvalue weighted by atomic mass is 15.1. The molecule has 0 aromatic heterocycles. The predicted molar refractivity (Wildman–Crippen MR) is 74.6 cm³/mol. The minimum absolute atomic E-state index is 0.762. The van der Waals surface area contributed by atoms with Gasteiger partial charge in [0.1, 0.15) is 0 Å². The highest BCUT2D eigenvalue weighted by Gasteiger charge is 2.23. The number of aryl methyl sites for hydroxylation is 1. The Balaban J connectivity index is 2.18. The van der Waals surface area contributed by atoms with Crippen molar-refractivity contribution in [1.29, 1.82) is 0 Å². The van der Waals surface area contributed by atoms with E-state index < -0.39 is 0 Å². The van der Waals surface area contributed by atoms with E-state index in [9.17, 15) is 0 Å². The summed E-state index contributed by atoms with van der Waals surface area (Å²) in [5.41, 5.74) is 4.19. The lowest BCUT2D eigenvalue weighted by Crippen LogP contribution is -2.37. The highest BCUT2D eigenvalue weighted by molar-refractivity contribution is 5.55. The Bertz CT molecular complexity index is 369. The Hall–Kier alpha value is -1.02. The van der Waals surface area contributed by atoms with Crippen molar-refractivity contribution in [2.45, 2.75) is 45.7 Å². The molecule has 0 amide bonds. The second-order valence-electron chi connectivity index (χ2n) is 5.11. The average molecular weight is 232 g/mol. The summed E-state index contributed by atoms with van der Waals surface area (Å²) in [6, 6.07) is 7.58. The molecule has 1 saturated carbocycles. The monoisotopic (exact) mass is 232 g/mol. The van der Waals surface area contributed by atoms with Gasteiger partial charge in [0.15, 0.2) is 0 Å². The third kappa shape index (κ3) is 2.81. The van der Waals surface area contributed by atoms with E-state index in [-0.39, 0.29) is 0 Å². The van der Waals surface area contributed by atoms with E-state index in [0.29, 0.717) is 0 Å². The van der Waals surface area contributed by atoms with Gasteiger partial charge in [-0.2, -0.15) is 0 Å². The smallest absolute Gasteiger partial charge is 0.0411 e. The molecule has 0 atom stereocenters. The number of nitrogens with zero attached hydrogens (tertiary/aromatic N) is 1. The minimum Gasteiger partial charge on any atom is -0.371 e. The summed E-state index contributed by atoms with van der Waals surface area (Å²) in [5, 5.41) is 3.44. The molecule has 17 heavy (non-hydrogen) atoms. The van der Waals surface area contributed by atoms with Crippen LogP contribution in [-0.2, 0) is 6.54 Å². The van der Waals surface area contributed by atoms with Crippen molar-refractivity contribution in [3.63, 3.8) is 0 Å². The molecular weight excluding hydrogens is 208 g/mol. The zero-order valence-electron chi connectivity index (χ0n) is 11.3. The Morgan fingerprint density at radius 3 is 2.71 bits per heavy atom. The van der Waals surface area contributed by atoms with Gasteiger partial charge in [-0.05, 0) is 44.4 Å². The molecule has 1 aromatic rings. The molecule has 2 nitrogen and oxygen atoms in total. The Labute approximate surface area is 105 Å². The van der Waals surface area contributed by atoms with Gasteiger partial charge >= 0.3 is 0 Å². The molecule has 0 spiro atoms. The Morgan fingerprint density at radius 2 is 2.12 bits per heavy atom. The molecule has 0 radical (unpaired) electrons. The van der Waals surface area contributed by atoms with Crippen LogP contribution in [0.2, 0.25) is 0 Å². The molecule has 1 fully saturated rings. The largest absolute Gasteiger partial charge is 0.371 e. The van der Waals surface area contributed by atoms with Crippen molar-refractivity contribution in [3.8, 4) is 0 Å². The van der Waals surface area contributed by atoms with Gasteiger partial charge in [-0.15, -0.1) is 0 Å². The Kier molecular flexibility index (Phi) is 4.06. The maximum Gasteiger partial charge on any atom is 0.0411 e. The number of nitrogens with one attached hydrogen (secondary N) is 1. The van der Waals surface area contributed by atoms with Gasteiger partial charge in [-0.25, -0.2) is 0 Å². The molecule has 0 heterocycles. The van der Waals surface area contributed by atoms with E-state index in [1.54, 1.807) is 0 Å². The highest BCUT2D eigenvalue weighted by Crippen LogP contribution is 2.30. The molecule has 2 rings (SSSR count). The maximum atomic E-state index is 3.44. The van der Waals surface area contributed by atoms with E-state index in [1.165, 1.54) is 36.1 Å². The first-order valence-corrected chi connectivity index (χ1v) is 6.75. The van der Waals surface area contributed by atoms with E-state index in [4.69, 9.17) is 0 Å². The van der Waals surface area contributed by atoms with Crippen LogP contribution in [0.1, 0.15) is 37.3 Å². The second kappa shape index (κ2) is 5.54. The fourth-order valence-electron chi connectivity index (χ4n) is 2.43. The van der Waals surface area contributed by atoms with Crippen LogP contribution < -0.4 is 10.2 Å². The van der Waals surface area contributed by atoms with E-state index >= 15 is 0 Å². The van der Waals surface area contributed by atoms with Gasteiger partial charge in [-0.3, -0.25) is 0 Å². The molecule has 1 aromatic carbocycles. The number of hydrogen-bond donors (Lipinski definition) is 1. The fourth-order valence-corrected chi connectivity index (χ4v) is 2.43. The molecule has 0 bridgehead atoms. The first-order valence-electron chi connectivity index (χ1n) is 6.75. The first-order chi connectivity index (χ1) is 8.22. The van der Waals surface area contributed by atoms with Crippen molar-refractivity contribution in [2.75, 3.05) is 18.5 Å². The zero-order valence-corrected chi connectivity index (χ0v) is 11.3. The lowest BCUT2D eigenvalue weighted by atomic mass is 9.91. The van der Waals surface area contributed by atoms with Crippen molar-refractivity contribution in [1.82, 2.24) is 5.32 Å². The van der Waals surface area contributed by atoms with Crippen molar-refractivity contribution in [2.24, 2.45) is 0 Å². The van der Waals surface area contributed by atoms with Crippen LogP contribution >= 0.6 is 0 Å². The molecule has 1 aliphatic carbocycles. The minimum atomic E-state index is 0.762. The van der Waals surface area contributed by atoms with Crippen LogP contribution in [0.5, 0.6) is 0 Å². The van der Waals surface area contributed by atoms with Gasteiger partial charge in [0, 0.05) is 25.3 Å². The summed E-state index contributed by atoms with van der Waals surface area (Å²) in [6.07, 6.45) is 4.10. The van der Waals surface area contributed by atoms with Gasteiger partial charge in [0.25, 0.3) is 0 Å². The van der Waals surface area contributed by atoms with Crippen molar-refractivity contribution in [3.05, 3.63) is 29.3 Å². The van der Waals surface area contributed by atoms with Gasteiger partial charge in [0.05, 0.1) is 0 Å². The molecule has 0 saturated heterocycles. The van der Waals surface area contributed by atoms with E-state index in [0.717, 1.165) is 19.1 Å². The van der Waals surface area contributed by atoms with E-state index in [2.05, 4.69) is 49.3 Å². The number of hydrogen-bond acceptors (Lipinski definition) is 2. The first kappa shape index (κ1) is 12.4. The molecule has 1 N–H and O–H groups in total. The van der Waals surface area contributed by atoms with Crippen LogP contribution in [0.25, 0.3) is 0 Å². The van der Waals surface area contributed by atoms with E-state index in [1.807, 2.05) is 0 Å². The summed E-state index contributed by atoms with van der Waals surface area (Å²) >= 11 is 0. The van der Waals surface area contributed by atoms with Gasteiger partial charge in [0.2, 0.25) is 0 Å². The number of anilines is 1. The Morgan fingerprint density at radius 1 is 1.35 bits per heavy atom. The lowest BCUT2D eigenvalue weighted by molar-refractivity contribution is 0.400. The van der Waals surface area contributed by atoms with Crippen molar-refractivity contribution >= 4 is 5.69 Å². The third-order valence-electron chi connectivity index (χ3n) is 3.80. The third-order valence-corrected chi connectivity index (χ3v) is 3.80. The number of benzene rings is 1. The topological polar surface area (TPSA) is 15.3 Å². The fraction of sp³-hybridized carbons (Fsp3) is 0.600. The average Bonchev–Trinajstić information content (AvgIpc) is 2.23. The van der Waals surface area contributed by atoms with Crippen molar-refractivity contribution < 1.29 is 0 Å². The lowest BCUT2D eigenvalue weighted by Gasteiger charge is -2.37. The van der Waals surface area contributed by atoms with Crippen LogP contribution in [0.3, 0.4) is 0 Å². The molecule has 2 heteroatoms. The van der Waals surface area contributed by atoms with Gasteiger partial charge in [-0.1, -0.05) is 24.6 Å². The molecule has 0 aliphatic heterocycles. The summed E-state index contributed by atoms with van der Waals surface area (Å²) in [5.74, 6) is 0. The molecular formula is C15H24N2. The van der Waals surface area contributed by atoms with Crippen LogP contribution in [-0.4, -0.2) is 19.6 Å². The number of rotatable bonds is 5. The summed E-state index contributed by atoms with van der Waals surface area (Å²) in [6.45, 7) is 6.33. The second-order valence-corrected chi connectivity index (χ2v) is 5.11. The molecule has 94 valence electrons. The SMILES string of the molecule is CCNCc1cc(C)ccc1N(C)C1CCC1. The van der Waals surface area contributed by atoms with Crippen LogP contribution in [0, 0.1) is 6.92 Å². The predicted octanol–water partition coefficient (Wildman–Crippen LogP) is 3.09. The zero-order chi connectivity index (χ0) is 12.3. The van der Waals surface area contributed by atoms with Crippen LogP contribution in [0.4, 0.5) is 5.69 Å². The maximum absolute atomic E-state index is 3.44. The van der Waals surface area contributed by atoms with Crippen LogP contribution in [0.15, 0.2) is 18.2 Å². The molecule has 0 unspecified atom stereocenters. The standard InChI is InChI=1S/C15H24N2/c1-4-16-11-13-10-12(2)8-9-15(13)17(3)14-6-5-7-14/h8-10,14,16H,4-7,11H2,1-3H3. The van der Waals surface area contributed by atoms with Gasteiger partial charge < -0.3 is 10.2 Å². The molecule has 1 aliphatic rings. The summed E-state index contributed by atoms with van der Waals surface area (Å²) in [7, 11) is 2.24. The normalized spacial score (nSPS) is 15.7. The summed E-state index contributed by atoms with van der Waals surface area (Å²) in [4.78, 5) is 2.47.